The van der Waals surface area contributed by atoms with Gasteiger partial charge in [-0.3, -0.25) is 4.79 Å². The zero-order valence-electron chi connectivity index (χ0n) is 13.6. The molecule has 2 fully saturated rings. The molecule has 5 heteroatoms. The van der Waals surface area contributed by atoms with Crippen LogP contribution in [0.2, 0.25) is 0 Å². The van der Waals surface area contributed by atoms with Crippen LogP contribution in [0.4, 0.5) is 5.82 Å². The molecular weight excluding hydrogens is 302 g/mol. The van der Waals surface area contributed by atoms with Crippen molar-refractivity contribution >= 4 is 11.8 Å². The molecule has 24 heavy (non-hydrogen) atoms. The fourth-order valence-electron chi connectivity index (χ4n) is 3.28. The van der Waals surface area contributed by atoms with Crippen molar-refractivity contribution in [2.75, 3.05) is 18.0 Å². The van der Waals surface area contributed by atoms with Crippen molar-refractivity contribution in [3.63, 3.8) is 0 Å². The molecule has 2 aromatic rings. The fourth-order valence-corrected chi connectivity index (χ4v) is 3.28. The lowest BCUT2D eigenvalue weighted by Gasteiger charge is -2.32. The highest BCUT2D eigenvalue weighted by atomic mass is 16.4. The van der Waals surface area contributed by atoms with Gasteiger partial charge in [0.2, 0.25) is 0 Å². The molecule has 2 heterocycles. The molecule has 1 unspecified atom stereocenters. The third-order valence-corrected chi connectivity index (χ3v) is 4.84. The van der Waals surface area contributed by atoms with E-state index in [1.807, 2.05) is 24.3 Å². The summed E-state index contributed by atoms with van der Waals surface area (Å²) >= 11 is 0. The van der Waals surface area contributed by atoms with Gasteiger partial charge in [0.15, 0.2) is 0 Å². The van der Waals surface area contributed by atoms with Crippen molar-refractivity contribution in [2.24, 2.45) is 5.92 Å². The predicted octanol–water partition coefficient (Wildman–Crippen LogP) is 3.32. The minimum absolute atomic E-state index is 0.307. The number of hydrogen-bond donors (Lipinski definition) is 1. The van der Waals surface area contributed by atoms with E-state index in [0.717, 1.165) is 55.1 Å². The maximum Gasteiger partial charge on any atom is 0.308 e. The van der Waals surface area contributed by atoms with Crippen molar-refractivity contribution in [2.45, 2.75) is 31.6 Å². The van der Waals surface area contributed by atoms with E-state index < -0.39 is 5.97 Å². The van der Waals surface area contributed by atoms with Crippen LogP contribution >= 0.6 is 0 Å². The first-order valence-corrected chi connectivity index (χ1v) is 8.63. The average molecular weight is 323 g/mol. The molecule has 1 aromatic carbocycles. The summed E-state index contributed by atoms with van der Waals surface area (Å²) in [5.74, 6) is 1.23. The highest BCUT2D eigenvalue weighted by Crippen LogP contribution is 2.39. The van der Waals surface area contributed by atoms with Crippen LogP contribution in [0.15, 0.2) is 36.4 Å². The van der Waals surface area contributed by atoms with Crippen molar-refractivity contribution < 1.29 is 9.90 Å². The summed E-state index contributed by atoms with van der Waals surface area (Å²) in [5.41, 5.74) is 2.01. The SMILES string of the molecule is O=C(O)C1CCCN(c2cc(-c3ccccc3)nc(C3CC3)n2)C1. The summed E-state index contributed by atoms with van der Waals surface area (Å²) < 4.78 is 0. The van der Waals surface area contributed by atoms with Gasteiger partial charge < -0.3 is 10.0 Å². The predicted molar refractivity (Wildman–Crippen MR) is 92.0 cm³/mol. The van der Waals surface area contributed by atoms with E-state index in [1.165, 1.54) is 0 Å². The molecule has 1 aliphatic heterocycles. The van der Waals surface area contributed by atoms with Gasteiger partial charge in [0, 0.05) is 30.6 Å². The molecule has 1 aromatic heterocycles. The third kappa shape index (κ3) is 3.11. The maximum absolute atomic E-state index is 11.3. The lowest BCUT2D eigenvalue weighted by atomic mass is 9.98. The van der Waals surface area contributed by atoms with Gasteiger partial charge >= 0.3 is 5.97 Å². The normalized spacial score (nSPS) is 20.8. The van der Waals surface area contributed by atoms with E-state index in [4.69, 9.17) is 9.97 Å². The second-order valence-corrected chi connectivity index (χ2v) is 6.73. The van der Waals surface area contributed by atoms with Crippen molar-refractivity contribution in [3.8, 4) is 11.3 Å². The van der Waals surface area contributed by atoms with Gasteiger partial charge in [-0.05, 0) is 25.7 Å². The van der Waals surface area contributed by atoms with Gasteiger partial charge in [-0.25, -0.2) is 9.97 Å². The number of hydrogen-bond acceptors (Lipinski definition) is 4. The van der Waals surface area contributed by atoms with E-state index in [-0.39, 0.29) is 5.92 Å². The zero-order valence-corrected chi connectivity index (χ0v) is 13.6. The minimum atomic E-state index is -0.709. The van der Waals surface area contributed by atoms with E-state index in [1.54, 1.807) is 0 Å². The first-order valence-electron chi connectivity index (χ1n) is 8.63. The molecule has 2 aliphatic rings. The number of benzene rings is 1. The molecule has 1 saturated carbocycles. The van der Waals surface area contributed by atoms with Crippen LogP contribution < -0.4 is 4.90 Å². The first kappa shape index (κ1) is 15.1. The van der Waals surface area contributed by atoms with Crippen molar-refractivity contribution in [3.05, 3.63) is 42.2 Å². The number of anilines is 1. The number of piperidine rings is 1. The molecule has 0 radical (unpaired) electrons. The van der Waals surface area contributed by atoms with Crippen LogP contribution in [0.1, 0.15) is 37.4 Å². The fraction of sp³-hybridized carbons (Fsp3) is 0.421. The lowest BCUT2D eigenvalue weighted by Crippen LogP contribution is -2.39. The molecule has 4 rings (SSSR count). The van der Waals surface area contributed by atoms with Crippen LogP contribution in [-0.2, 0) is 4.79 Å². The van der Waals surface area contributed by atoms with Gasteiger partial charge in [0.1, 0.15) is 11.6 Å². The summed E-state index contributed by atoms with van der Waals surface area (Å²) in [7, 11) is 0. The van der Waals surface area contributed by atoms with Crippen LogP contribution in [0.3, 0.4) is 0 Å². The topological polar surface area (TPSA) is 66.3 Å². The Bertz CT molecular complexity index is 744. The molecular formula is C19H21N3O2. The highest BCUT2D eigenvalue weighted by molar-refractivity contribution is 5.71. The Morgan fingerprint density at radius 2 is 1.92 bits per heavy atom. The average Bonchev–Trinajstić information content (AvgIpc) is 3.47. The number of carbonyl (C=O) groups is 1. The number of nitrogens with zero attached hydrogens (tertiary/aromatic N) is 3. The van der Waals surface area contributed by atoms with E-state index in [0.29, 0.717) is 12.5 Å². The monoisotopic (exact) mass is 323 g/mol. The number of rotatable bonds is 4. The molecule has 0 amide bonds. The minimum Gasteiger partial charge on any atom is -0.481 e. The lowest BCUT2D eigenvalue weighted by molar-refractivity contribution is -0.141. The Kier molecular flexibility index (Phi) is 3.92. The first-order chi connectivity index (χ1) is 11.7. The summed E-state index contributed by atoms with van der Waals surface area (Å²) in [6.45, 7) is 1.39. The molecule has 1 N–H and O–H groups in total. The maximum atomic E-state index is 11.3. The van der Waals surface area contributed by atoms with Gasteiger partial charge in [-0.1, -0.05) is 30.3 Å². The molecule has 124 valence electrons. The van der Waals surface area contributed by atoms with Crippen LogP contribution in [-0.4, -0.2) is 34.1 Å². The summed E-state index contributed by atoms with van der Waals surface area (Å²) in [5, 5.41) is 9.33. The Morgan fingerprint density at radius 3 is 2.62 bits per heavy atom. The number of carboxylic acid groups (broad SMARTS) is 1. The van der Waals surface area contributed by atoms with Crippen LogP contribution in [0.25, 0.3) is 11.3 Å². The Hall–Kier alpha value is -2.43. The molecule has 1 aliphatic carbocycles. The van der Waals surface area contributed by atoms with Gasteiger partial charge in [-0.15, -0.1) is 0 Å². The standard InChI is InChI=1S/C19H21N3O2/c23-19(24)15-7-4-10-22(12-15)17-11-16(13-5-2-1-3-6-13)20-18(21-17)14-8-9-14/h1-3,5-6,11,14-15H,4,7-10,12H2,(H,23,24). The number of aromatic nitrogens is 2. The van der Waals surface area contributed by atoms with Crippen molar-refractivity contribution in [1.82, 2.24) is 9.97 Å². The van der Waals surface area contributed by atoms with Gasteiger partial charge in [0.25, 0.3) is 0 Å². The molecule has 0 spiro atoms. The van der Waals surface area contributed by atoms with Gasteiger partial charge in [0.05, 0.1) is 11.6 Å². The van der Waals surface area contributed by atoms with Crippen LogP contribution in [0, 0.1) is 5.92 Å². The Balaban J connectivity index is 1.69. The quantitative estimate of drug-likeness (QED) is 0.935. The second-order valence-electron chi connectivity index (χ2n) is 6.73. The second kappa shape index (κ2) is 6.23. The molecule has 5 nitrogen and oxygen atoms in total. The number of aliphatic carboxylic acids is 1. The van der Waals surface area contributed by atoms with E-state index in [2.05, 4.69) is 17.0 Å². The summed E-state index contributed by atoms with van der Waals surface area (Å²) in [6.07, 6.45) is 3.93. The largest absolute Gasteiger partial charge is 0.481 e. The number of carboxylic acids is 1. The zero-order chi connectivity index (χ0) is 16.5. The van der Waals surface area contributed by atoms with E-state index in [9.17, 15) is 9.90 Å². The molecule has 0 bridgehead atoms. The molecule has 1 saturated heterocycles. The summed E-state index contributed by atoms with van der Waals surface area (Å²) in [4.78, 5) is 23.0. The van der Waals surface area contributed by atoms with Gasteiger partial charge in [-0.2, -0.15) is 0 Å². The summed E-state index contributed by atoms with van der Waals surface area (Å²) in [6, 6.07) is 12.1. The van der Waals surface area contributed by atoms with Crippen LogP contribution in [0.5, 0.6) is 0 Å². The van der Waals surface area contributed by atoms with E-state index >= 15 is 0 Å². The Morgan fingerprint density at radius 1 is 1.12 bits per heavy atom. The third-order valence-electron chi connectivity index (χ3n) is 4.84. The highest BCUT2D eigenvalue weighted by Gasteiger charge is 2.30. The van der Waals surface area contributed by atoms with Crippen molar-refractivity contribution in [1.29, 1.82) is 0 Å². The smallest absolute Gasteiger partial charge is 0.308 e. The Labute approximate surface area is 141 Å². The molecule has 1 atom stereocenters.